The fraction of sp³-hybridized carbons (Fsp3) is 0.316. The number of rotatable bonds is 9. The monoisotopic (exact) mass is 410 g/mol. The van der Waals surface area contributed by atoms with E-state index in [1.165, 1.54) is 6.07 Å². The van der Waals surface area contributed by atoms with Crippen molar-refractivity contribution in [2.24, 2.45) is 0 Å². The van der Waals surface area contributed by atoms with Crippen LogP contribution in [-0.4, -0.2) is 39.8 Å². The van der Waals surface area contributed by atoms with Crippen LogP contribution in [0, 0.1) is 0 Å². The van der Waals surface area contributed by atoms with Crippen LogP contribution in [0.4, 0.5) is 5.69 Å². The Morgan fingerprint density at radius 1 is 1.19 bits per heavy atom. The number of sulfonamides is 1. The molecule has 0 heterocycles. The molecular formula is C19H23ClN2O4S. The summed E-state index contributed by atoms with van der Waals surface area (Å²) in [5.41, 5.74) is 0.354. The van der Waals surface area contributed by atoms with Gasteiger partial charge in [0.1, 0.15) is 18.4 Å². The van der Waals surface area contributed by atoms with E-state index < -0.39 is 16.1 Å². The first-order valence-electron chi connectivity index (χ1n) is 8.53. The number of carbonyl (C=O) groups is 1. The zero-order chi connectivity index (χ0) is 19.9. The summed E-state index contributed by atoms with van der Waals surface area (Å²) in [5.74, 6) is 0.315. The first-order valence-corrected chi connectivity index (χ1v) is 10.8. The molecule has 0 aromatic heterocycles. The average Bonchev–Trinajstić information content (AvgIpc) is 2.62. The minimum atomic E-state index is -3.68. The zero-order valence-corrected chi connectivity index (χ0v) is 16.8. The van der Waals surface area contributed by atoms with Gasteiger partial charge >= 0.3 is 0 Å². The highest BCUT2D eigenvalue weighted by Gasteiger charge is 2.31. The summed E-state index contributed by atoms with van der Waals surface area (Å²) in [4.78, 5) is 12.6. The molecule has 0 unspecified atom stereocenters. The molecule has 0 saturated heterocycles. The van der Waals surface area contributed by atoms with Crippen molar-refractivity contribution in [3.63, 3.8) is 0 Å². The number of amides is 1. The number of anilines is 1. The molecule has 6 nitrogen and oxygen atoms in total. The Morgan fingerprint density at radius 3 is 2.48 bits per heavy atom. The number of carbonyl (C=O) groups excluding carboxylic acids is 1. The Balaban J connectivity index is 2.06. The molecule has 1 atom stereocenters. The van der Waals surface area contributed by atoms with Crippen LogP contribution in [0.5, 0.6) is 5.75 Å². The summed E-state index contributed by atoms with van der Waals surface area (Å²) in [7, 11) is -3.68. The van der Waals surface area contributed by atoms with Gasteiger partial charge < -0.3 is 10.1 Å². The number of nitrogens with zero attached hydrogens (tertiary/aromatic N) is 1. The van der Waals surface area contributed by atoms with E-state index in [1.54, 1.807) is 25.1 Å². The lowest BCUT2D eigenvalue weighted by Crippen LogP contribution is -2.50. The van der Waals surface area contributed by atoms with E-state index in [1.807, 2.05) is 30.3 Å². The SMILES string of the molecule is CC[C@H](C(=O)NCCOc1ccccc1)N(c1cccc(Cl)c1)S(C)(=O)=O. The summed E-state index contributed by atoms with van der Waals surface area (Å²) >= 11 is 5.99. The lowest BCUT2D eigenvalue weighted by atomic mass is 10.2. The second-order valence-electron chi connectivity index (χ2n) is 5.92. The smallest absolute Gasteiger partial charge is 0.244 e. The first kappa shape index (κ1) is 21.1. The lowest BCUT2D eigenvalue weighted by molar-refractivity contribution is -0.122. The second kappa shape index (κ2) is 9.62. The number of nitrogens with one attached hydrogen (secondary N) is 1. The molecule has 1 N–H and O–H groups in total. The predicted octanol–water partition coefficient (Wildman–Crippen LogP) is 3.08. The Hall–Kier alpha value is -2.25. The number of hydrogen-bond acceptors (Lipinski definition) is 4. The van der Waals surface area contributed by atoms with Gasteiger partial charge in [-0.25, -0.2) is 8.42 Å². The Labute approximate surface area is 165 Å². The highest BCUT2D eigenvalue weighted by Crippen LogP contribution is 2.25. The van der Waals surface area contributed by atoms with Gasteiger partial charge in [-0.3, -0.25) is 9.10 Å². The second-order valence-corrected chi connectivity index (χ2v) is 8.21. The van der Waals surface area contributed by atoms with Crippen LogP contribution in [0.3, 0.4) is 0 Å². The van der Waals surface area contributed by atoms with Gasteiger partial charge in [0.15, 0.2) is 0 Å². The zero-order valence-electron chi connectivity index (χ0n) is 15.3. The van der Waals surface area contributed by atoms with Crippen LogP contribution >= 0.6 is 11.6 Å². The minimum Gasteiger partial charge on any atom is -0.492 e. The van der Waals surface area contributed by atoms with Gasteiger partial charge in [-0.1, -0.05) is 42.8 Å². The van der Waals surface area contributed by atoms with E-state index in [2.05, 4.69) is 5.32 Å². The number of halogens is 1. The van der Waals surface area contributed by atoms with Gasteiger partial charge in [-0.2, -0.15) is 0 Å². The molecule has 0 fully saturated rings. The molecule has 0 aliphatic rings. The summed E-state index contributed by atoms with van der Waals surface area (Å²) in [6, 6.07) is 14.8. The lowest BCUT2D eigenvalue weighted by Gasteiger charge is -2.30. The van der Waals surface area contributed by atoms with Crippen LogP contribution < -0.4 is 14.4 Å². The van der Waals surface area contributed by atoms with Crippen molar-refractivity contribution in [2.45, 2.75) is 19.4 Å². The highest BCUT2D eigenvalue weighted by atomic mass is 35.5. The maximum Gasteiger partial charge on any atom is 0.244 e. The largest absolute Gasteiger partial charge is 0.492 e. The molecule has 0 aliphatic carbocycles. The molecule has 8 heteroatoms. The van der Waals surface area contributed by atoms with Crippen LogP contribution in [0.2, 0.25) is 5.02 Å². The Bertz CT molecular complexity index is 859. The number of para-hydroxylation sites is 1. The van der Waals surface area contributed by atoms with Gasteiger partial charge in [-0.05, 0) is 36.8 Å². The molecule has 0 bridgehead atoms. The van der Waals surface area contributed by atoms with Crippen molar-refractivity contribution in [3.05, 3.63) is 59.6 Å². The molecule has 27 heavy (non-hydrogen) atoms. The Morgan fingerprint density at radius 2 is 1.89 bits per heavy atom. The van der Waals surface area contributed by atoms with Crippen molar-refractivity contribution in [2.75, 3.05) is 23.7 Å². The van der Waals surface area contributed by atoms with Crippen LogP contribution in [0.1, 0.15) is 13.3 Å². The molecule has 2 aromatic rings. The summed E-state index contributed by atoms with van der Waals surface area (Å²) in [6.07, 6.45) is 1.38. The number of ether oxygens (including phenoxy) is 1. The van der Waals surface area contributed by atoms with Gasteiger partial charge in [0.05, 0.1) is 18.5 Å². The molecule has 2 aromatic carbocycles. The van der Waals surface area contributed by atoms with Gasteiger partial charge in [0.2, 0.25) is 15.9 Å². The van der Waals surface area contributed by atoms with Gasteiger partial charge in [0.25, 0.3) is 0 Å². The van der Waals surface area contributed by atoms with Crippen LogP contribution in [-0.2, 0) is 14.8 Å². The number of hydrogen-bond donors (Lipinski definition) is 1. The summed E-state index contributed by atoms with van der Waals surface area (Å²) in [5, 5.41) is 3.13. The van der Waals surface area contributed by atoms with Crippen molar-refractivity contribution >= 4 is 33.2 Å². The van der Waals surface area contributed by atoms with E-state index in [0.29, 0.717) is 22.9 Å². The van der Waals surface area contributed by atoms with Crippen molar-refractivity contribution in [1.82, 2.24) is 5.32 Å². The summed E-state index contributed by atoms with van der Waals surface area (Å²) in [6.45, 7) is 2.30. The maximum absolute atomic E-state index is 12.6. The molecule has 1 amide bonds. The Kier molecular flexibility index (Phi) is 7.50. The van der Waals surface area contributed by atoms with E-state index >= 15 is 0 Å². The maximum atomic E-state index is 12.6. The van der Waals surface area contributed by atoms with Gasteiger partial charge in [0, 0.05) is 5.02 Å². The third kappa shape index (κ3) is 6.15. The third-order valence-corrected chi connectivity index (χ3v) is 5.22. The molecule has 0 spiro atoms. The molecule has 0 saturated carbocycles. The van der Waals surface area contributed by atoms with Crippen LogP contribution in [0.25, 0.3) is 0 Å². The molecule has 0 radical (unpaired) electrons. The predicted molar refractivity (Wildman–Crippen MR) is 108 cm³/mol. The molecular weight excluding hydrogens is 388 g/mol. The number of benzene rings is 2. The molecule has 146 valence electrons. The van der Waals surface area contributed by atoms with Crippen molar-refractivity contribution in [3.8, 4) is 5.75 Å². The van der Waals surface area contributed by atoms with Crippen molar-refractivity contribution in [1.29, 1.82) is 0 Å². The fourth-order valence-corrected chi connectivity index (χ4v) is 4.04. The molecule has 2 rings (SSSR count). The van der Waals surface area contributed by atoms with E-state index in [0.717, 1.165) is 10.6 Å². The standard InChI is InChI=1S/C19H23ClN2O4S/c1-3-18(19(23)21-12-13-26-17-10-5-4-6-11-17)22(27(2,24)25)16-9-7-8-15(20)14-16/h4-11,14,18H,3,12-13H2,1-2H3,(H,21,23)/t18-/m1/s1. The topological polar surface area (TPSA) is 75.7 Å². The minimum absolute atomic E-state index is 0.261. The van der Waals surface area contributed by atoms with Gasteiger partial charge in [-0.15, -0.1) is 0 Å². The van der Waals surface area contributed by atoms with E-state index in [-0.39, 0.29) is 19.1 Å². The van der Waals surface area contributed by atoms with E-state index in [4.69, 9.17) is 16.3 Å². The normalized spacial score (nSPS) is 12.3. The molecule has 0 aliphatic heterocycles. The first-order chi connectivity index (χ1) is 12.8. The third-order valence-electron chi connectivity index (χ3n) is 3.81. The summed E-state index contributed by atoms with van der Waals surface area (Å²) < 4.78 is 31.3. The van der Waals surface area contributed by atoms with Crippen LogP contribution in [0.15, 0.2) is 54.6 Å². The highest BCUT2D eigenvalue weighted by molar-refractivity contribution is 7.92. The van der Waals surface area contributed by atoms with Crippen molar-refractivity contribution < 1.29 is 17.9 Å². The van der Waals surface area contributed by atoms with E-state index in [9.17, 15) is 13.2 Å². The fourth-order valence-electron chi connectivity index (χ4n) is 2.65. The quantitative estimate of drug-likeness (QED) is 0.644. The average molecular weight is 411 g/mol.